The average Bonchev–Trinajstić information content (AvgIpc) is 3.35. The highest BCUT2D eigenvalue weighted by Gasteiger charge is 2.23. The van der Waals surface area contributed by atoms with Gasteiger partial charge in [0.1, 0.15) is 11.3 Å². The predicted molar refractivity (Wildman–Crippen MR) is 146 cm³/mol. The maximum absolute atomic E-state index is 6.45. The molecule has 0 spiro atoms. The summed E-state index contributed by atoms with van der Waals surface area (Å²) in [6.07, 6.45) is 2.77. The van der Waals surface area contributed by atoms with Gasteiger partial charge in [0.15, 0.2) is 11.2 Å². The lowest BCUT2D eigenvalue weighted by molar-refractivity contribution is 0.494. The first-order chi connectivity index (χ1) is 16.7. The summed E-state index contributed by atoms with van der Waals surface area (Å²) in [4.78, 5) is 4.88. The van der Waals surface area contributed by atoms with Gasteiger partial charge in [-0.2, -0.15) is 0 Å². The molecule has 35 heavy (non-hydrogen) atoms. The minimum absolute atomic E-state index is 0.00660. The van der Waals surface area contributed by atoms with E-state index < -0.39 is 0 Å². The Morgan fingerprint density at radius 2 is 1.60 bits per heavy atom. The summed E-state index contributed by atoms with van der Waals surface area (Å²) in [6.45, 7) is 13.4. The van der Waals surface area contributed by atoms with Crippen LogP contribution in [0.15, 0.2) is 69.6 Å². The van der Waals surface area contributed by atoms with Gasteiger partial charge in [-0.05, 0) is 70.5 Å². The lowest BCUT2D eigenvalue weighted by Gasteiger charge is -2.22. The molecule has 6 aromatic rings. The summed E-state index contributed by atoms with van der Waals surface area (Å²) in [7, 11) is 0. The van der Waals surface area contributed by atoms with Crippen LogP contribution in [0.25, 0.3) is 54.9 Å². The third kappa shape index (κ3) is 3.44. The molecule has 3 aromatic heterocycles. The minimum atomic E-state index is 0.00660. The largest absolute Gasteiger partial charge is 0.457 e. The van der Waals surface area contributed by atoms with Crippen molar-refractivity contribution < 1.29 is 8.83 Å². The molecule has 176 valence electrons. The molecule has 0 saturated carbocycles. The van der Waals surface area contributed by atoms with Crippen LogP contribution in [0.1, 0.15) is 51.5 Å². The summed E-state index contributed by atoms with van der Waals surface area (Å²) in [6, 6.07) is 19.5. The van der Waals surface area contributed by atoms with Gasteiger partial charge < -0.3 is 8.83 Å². The highest BCUT2D eigenvalue weighted by molar-refractivity contribution is 6.17. The zero-order chi connectivity index (χ0) is 24.5. The van der Waals surface area contributed by atoms with Crippen molar-refractivity contribution in [1.82, 2.24) is 4.98 Å². The molecule has 6 rings (SSSR count). The highest BCUT2D eigenvalue weighted by atomic mass is 16.4. The van der Waals surface area contributed by atoms with Crippen molar-refractivity contribution in [2.45, 2.75) is 53.4 Å². The van der Waals surface area contributed by atoms with Crippen LogP contribution in [0.3, 0.4) is 0 Å². The number of hydrogen-bond acceptors (Lipinski definition) is 3. The van der Waals surface area contributed by atoms with Crippen molar-refractivity contribution in [1.29, 1.82) is 0 Å². The monoisotopic (exact) mass is 461 g/mol. The van der Waals surface area contributed by atoms with Crippen LogP contribution in [-0.4, -0.2) is 4.98 Å². The fraction of sp³-hybridized carbons (Fsp3) is 0.281. The third-order valence-corrected chi connectivity index (χ3v) is 7.09. The maximum atomic E-state index is 6.45. The molecule has 0 N–H and O–H groups in total. The molecule has 0 aliphatic carbocycles. The number of nitrogens with zero attached hydrogens (tertiary/aromatic N) is 1. The first-order valence-corrected chi connectivity index (χ1v) is 12.5. The van der Waals surface area contributed by atoms with Gasteiger partial charge in [0.2, 0.25) is 0 Å². The standard InChI is InChI=1S/C32H31NO2/c1-18(2)15-27-19(3)22-11-12-24-28-26(34-31(24)30(22)35-27)13-14-33-29(28)21-16-20-9-7-8-10-23(20)25(17-21)32(4,5)6/h7-14,16-18H,15H2,1-6H3. The second kappa shape index (κ2) is 7.71. The van der Waals surface area contributed by atoms with E-state index in [1.165, 1.54) is 21.9 Å². The molecule has 0 amide bonds. The van der Waals surface area contributed by atoms with E-state index in [0.717, 1.165) is 56.3 Å². The normalized spacial score (nSPS) is 12.7. The minimum Gasteiger partial charge on any atom is -0.457 e. The smallest absolute Gasteiger partial charge is 0.178 e. The van der Waals surface area contributed by atoms with Gasteiger partial charge in [0, 0.05) is 29.0 Å². The number of fused-ring (bicyclic) bond motifs is 6. The lowest BCUT2D eigenvalue weighted by Crippen LogP contribution is -2.12. The number of rotatable bonds is 3. The Bertz CT molecular complexity index is 1740. The van der Waals surface area contributed by atoms with Crippen LogP contribution >= 0.6 is 0 Å². The predicted octanol–water partition coefficient (Wildman–Crippen LogP) is 9.35. The van der Waals surface area contributed by atoms with Gasteiger partial charge in [-0.15, -0.1) is 0 Å². The van der Waals surface area contributed by atoms with E-state index in [1.54, 1.807) is 0 Å². The summed E-state index contributed by atoms with van der Waals surface area (Å²) in [5, 5.41) is 5.73. The highest BCUT2D eigenvalue weighted by Crippen LogP contribution is 2.42. The van der Waals surface area contributed by atoms with Crippen molar-refractivity contribution >= 4 is 43.7 Å². The molecule has 3 nitrogen and oxygen atoms in total. The number of pyridine rings is 1. The number of hydrogen-bond donors (Lipinski definition) is 0. The molecule has 0 radical (unpaired) electrons. The first kappa shape index (κ1) is 21.9. The molecular formula is C32H31NO2. The van der Waals surface area contributed by atoms with E-state index in [9.17, 15) is 0 Å². The summed E-state index contributed by atoms with van der Waals surface area (Å²) in [5.74, 6) is 1.58. The lowest BCUT2D eigenvalue weighted by atomic mass is 9.82. The van der Waals surface area contributed by atoms with Gasteiger partial charge in [0.05, 0.1) is 11.1 Å². The fourth-order valence-corrected chi connectivity index (χ4v) is 5.36. The van der Waals surface area contributed by atoms with Crippen molar-refractivity contribution in [2.24, 2.45) is 5.92 Å². The number of benzene rings is 3. The van der Waals surface area contributed by atoms with E-state index in [2.05, 4.69) is 90.1 Å². The number of furan rings is 2. The summed E-state index contributed by atoms with van der Waals surface area (Å²) in [5.41, 5.74) is 7.07. The summed E-state index contributed by atoms with van der Waals surface area (Å²) >= 11 is 0. The van der Waals surface area contributed by atoms with E-state index in [0.29, 0.717) is 5.92 Å². The van der Waals surface area contributed by atoms with Crippen LogP contribution in [0.2, 0.25) is 0 Å². The van der Waals surface area contributed by atoms with E-state index >= 15 is 0 Å². The van der Waals surface area contributed by atoms with E-state index in [1.807, 2.05) is 12.3 Å². The first-order valence-electron chi connectivity index (χ1n) is 12.5. The Morgan fingerprint density at radius 3 is 2.37 bits per heavy atom. The Balaban J connectivity index is 1.66. The molecular weight excluding hydrogens is 430 g/mol. The van der Waals surface area contributed by atoms with Crippen molar-refractivity contribution in [3.63, 3.8) is 0 Å². The summed E-state index contributed by atoms with van der Waals surface area (Å²) < 4.78 is 12.9. The Labute approximate surface area is 205 Å². The second-order valence-corrected chi connectivity index (χ2v) is 11.2. The molecule has 0 aliphatic rings. The Hall–Kier alpha value is -3.59. The molecule has 0 saturated heterocycles. The van der Waals surface area contributed by atoms with Crippen LogP contribution in [-0.2, 0) is 11.8 Å². The average molecular weight is 462 g/mol. The fourth-order valence-electron chi connectivity index (χ4n) is 5.36. The van der Waals surface area contributed by atoms with Crippen LogP contribution in [0.5, 0.6) is 0 Å². The quantitative estimate of drug-likeness (QED) is 0.263. The number of aromatic nitrogens is 1. The topological polar surface area (TPSA) is 39.2 Å². The molecule has 3 heteroatoms. The van der Waals surface area contributed by atoms with Crippen LogP contribution < -0.4 is 0 Å². The maximum Gasteiger partial charge on any atom is 0.178 e. The molecule has 0 unspecified atom stereocenters. The molecule has 3 heterocycles. The van der Waals surface area contributed by atoms with Crippen LogP contribution in [0.4, 0.5) is 0 Å². The second-order valence-electron chi connectivity index (χ2n) is 11.2. The van der Waals surface area contributed by atoms with Gasteiger partial charge in [-0.25, -0.2) is 0 Å². The van der Waals surface area contributed by atoms with Gasteiger partial charge in [0.25, 0.3) is 0 Å². The molecule has 3 aromatic carbocycles. The van der Waals surface area contributed by atoms with Crippen molar-refractivity contribution in [3.8, 4) is 11.3 Å². The van der Waals surface area contributed by atoms with Crippen molar-refractivity contribution in [3.05, 3.63) is 77.7 Å². The number of aryl methyl sites for hydroxylation is 1. The van der Waals surface area contributed by atoms with Gasteiger partial charge in [-0.1, -0.05) is 58.9 Å². The molecule has 0 fully saturated rings. The zero-order valence-electron chi connectivity index (χ0n) is 21.3. The third-order valence-electron chi connectivity index (χ3n) is 7.09. The Morgan fingerprint density at radius 1 is 0.857 bits per heavy atom. The zero-order valence-corrected chi connectivity index (χ0v) is 21.3. The van der Waals surface area contributed by atoms with Gasteiger partial charge >= 0.3 is 0 Å². The van der Waals surface area contributed by atoms with Crippen molar-refractivity contribution in [2.75, 3.05) is 0 Å². The van der Waals surface area contributed by atoms with E-state index in [-0.39, 0.29) is 5.41 Å². The van der Waals surface area contributed by atoms with Crippen LogP contribution in [0, 0.1) is 12.8 Å². The molecule has 0 aliphatic heterocycles. The van der Waals surface area contributed by atoms with Gasteiger partial charge in [-0.3, -0.25) is 4.98 Å². The molecule has 0 bridgehead atoms. The SMILES string of the molecule is Cc1c(CC(C)C)oc2c1ccc1c2oc2ccnc(-c3cc(C(C)(C)C)c4ccccc4c3)c21. The Kier molecular flexibility index (Phi) is 4.83. The molecule has 0 atom stereocenters. The van der Waals surface area contributed by atoms with E-state index in [4.69, 9.17) is 13.8 Å².